The first-order valence-corrected chi connectivity index (χ1v) is 11.0. The lowest BCUT2D eigenvalue weighted by molar-refractivity contribution is -0.119. The van der Waals surface area contributed by atoms with Crippen molar-refractivity contribution in [1.82, 2.24) is 9.29 Å². The fraction of sp³-hybridized carbons (Fsp3) is 0.273. The van der Waals surface area contributed by atoms with E-state index in [2.05, 4.69) is 10.3 Å². The van der Waals surface area contributed by atoms with Crippen molar-refractivity contribution < 1.29 is 22.7 Å². The monoisotopic (exact) mass is 443 g/mol. The van der Waals surface area contributed by atoms with E-state index < -0.39 is 28.5 Å². The van der Waals surface area contributed by atoms with Gasteiger partial charge in [-0.2, -0.15) is 0 Å². The van der Waals surface area contributed by atoms with Gasteiger partial charge in [-0.3, -0.25) is 4.79 Å². The van der Waals surface area contributed by atoms with Crippen LogP contribution in [0.2, 0.25) is 0 Å². The molecule has 0 atom stereocenters. The largest absolute Gasteiger partial charge is 0.451 e. The van der Waals surface area contributed by atoms with Gasteiger partial charge in [0.1, 0.15) is 5.69 Å². The third-order valence-corrected chi connectivity index (χ3v) is 6.83. The Morgan fingerprint density at radius 1 is 1.03 bits per heavy atom. The molecule has 1 heterocycles. The summed E-state index contributed by atoms with van der Waals surface area (Å²) in [6.45, 7) is 5.09. The summed E-state index contributed by atoms with van der Waals surface area (Å²) in [5, 5.41) is 3.47. The molecule has 9 heteroatoms. The minimum Gasteiger partial charge on any atom is -0.451 e. The smallest absolute Gasteiger partial charge is 0.355 e. The highest BCUT2D eigenvalue weighted by atomic mass is 32.2. The highest BCUT2D eigenvalue weighted by Gasteiger charge is 2.21. The minimum atomic E-state index is -3.65. The molecule has 0 fully saturated rings. The lowest BCUT2D eigenvalue weighted by Gasteiger charge is -2.15. The molecule has 2 aromatic carbocycles. The van der Waals surface area contributed by atoms with Crippen LogP contribution >= 0.6 is 0 Å². The molecule has 1 amide bonds. The number of amides is 1. The van der Waals surface area contributed by atoms with Crippen molar-refractivity contribution in [1.29, 1.82) is 0 Å². The topological polar surface area (TPSA) is 109 Å². The number of benzene rings is 2. The number of fused-ring (bicyclic) bond motifs is 1. The molecule has 0 aliphatic carbocycles. The highest BCUT2D eigenvalue weighted by molar-refractivity contribution is 7.89. The second-order valence-corrected chi connectivity index (χ2v) is 9.74. The summed E-state index contributed by atoms with van der Waals surface area (Å²) in [4.78, 5) is 27.7. The number of anilines is 1. The standard InChI is InChI=1S/C22H25N3O5S/c1-13-8-15(3)17-11-19(24-18(17)9-13)22(27)30-12-21(26)23-16-7-6-14(2)20(10-16)31(28,29)25(4)5/h6-11,24H,12H2,1-5H3,(H,23,26). The normalized spacial score (nSPS) is 11.7. The van der Waals surface area contributed by atoms with Crippen molar-refractivity contribution >= 4 is 38.5 Å². The maximum absolute atomic E-state index is 12.4. The molecule has 0 bridgehead atoms. The van der Waals surface area contributed by atoms with Crippen molar-refractivity contribution in [2.24, 2.45) is 0 Å². The van der Waals surface area contributed by atoms with E-state index in [0.717, 1.165) is 26.3 Å². The Kier molecular flexibility index (Phi) is 6.19. The fourth-order valence-electron chi connectivity index (χ4n) is 3.27. The van der Waals surface area contributed by atoms with Crippen molar-refractivity contribution in [3.05, 3.63) is 58.8 Å². The van der Waals surface area contributed by atoms with Gasteiger partial charge in [0.15, 0.2) is 6.61 Å². The number of aromatic nitrogens is 1. The van der Waals surface area contributed by atoms with E-state index >= 15 is 0 Å². The summed E-state index contributed by atoms with van der Waals surface area (Å²) in [6.07, 6.45) is 0. The van der Waals surface area contributed by atoms with Crippen LogP contribution in [-0.2, 0) is 19.6 Å². The third kappa shape index (κ3) is 4.78. The van der Waals surface area contributed by atoms with E-state index in [1.165, 1.54) is 20.2 Å². The van der Waals surface area contributed by atoms with Gasteiger partial charge in [-0.05, 0) is 61.7 Å². The highest BCUT2D eigenvalue weighted by Crippen LogP contribution is 2.23. The summed E-state index contributed by atoms with van der Waals surface area (Å²) < 4.78 is 31.1. The van der Waals surface area contributed by atoms with E-state index in [1.807, 2.05) is 26.0 Å². The van der Waals surface area contributed by atoms with Gasteiger partial charge in [0, 0.05) is 30.7 Å². The van der Waals surface area contributed by atoms with Gasteiger partial charge in [-0.15, -0.1) is 0 Å². The van der Waals surface area contributed by atoms with E-state index in [0.29, 0.717) is 11.3 Å². The molecule has 1 aromatic heterocycles. The Morgan fingerprint density at radius 2 is 1.74 bits per heavy atom. The molecule has 0 saturated heterocycles. The summed E-state index contributed by atoms with van der Waals surface area (Å²) in [5.41, 5.74) is 4.03. The lowest BCUT2D eigenvalue weighted by atomic mass is 10.1. The number of carbonyl (C=O) groups excluding carboxylic acids is 2. The summed E-state index contributed by atoms with van der Waals surface area (Å²) in [5.74, 6) is -1.23. The molecule has 164 valence electrons. The molecule has 0 unspecified atom stereocenters. The zero-order chi connectivity index (χ0) is 22.9. The molecule has 0 spiro atoms. The summed E-state index contributed by atoms with van der Waals surface area (Å²) >= 11 is 0. The molecule has 0 saturated carbocycles. The lowest BCUT2D eigenvalue weighted by Crippen LogP contribution is -2.24. The van der Waals surface area contributed by atoms with Crippen LogP contribution in [0.1, 0.15) is 27.2 Å². The Hall–Kier alpha value is -3.17. The second kappa shape index (κ2) is 8.52. The van der Waals surface area contributed by atoms with Crippen molar-refractivity contribution in [2.45, 2.75) is 25.7 Å². The number of sulfonamides is 1. The number of hydrogen-bond acceptors (Lipinski definition) is 5. The van der Waals surface area contributed by atoms with Gasteiger partial charge in [0.2, 0.25) is 10.0 Å². The summed E-state index contributed by atoms with van der Waals surface area (Å²) in [6, 6.07) is 10.2. The van der Waals surface area contributed by atoms with Crippen LogP contribution in [0.25, 0.3) is 10.9 Å². The first-order valence-electron chi connectivity index (χ1n) is 9.59. The van der Waals surface area contributed by atoms with Crippen molar-refractivity contribution in [2.75, 3.05) is 26.0 Å². The number of ether oxygens (including phenoxy) is 1. The van der Waals surface area contributed by atoms with Gasteiger partial charge in [-0.25, -0.2) is 17.5 Å². The molecule has 31 heavy (non-hydrogen) atoms. The van der Waals surface area contributed by atoms with E-state index in [9.17, 15) is 18.0 Å². The molecule has 0 radical (unpaired) electrons. The predicted molar refractivity (Wildman–Crippen MR) is 119 cm³/mol. The fourth-order valence-corrected chi connectivity index (χ4v) is 4.41. The maximum atomic E-state index is 12.4. The number of aromatic amines is 1. The van der Waals surface area contributed by atoms with E-state index in [1.54, 1.807) is 25.1 Å². The van der Waals surface area contributed by atoms with Crippen LogP contribution in [0.15, 0.2) is 41.3 Å². The Bertz CT molecular complexity index is 1280. The Morgan fingerprint density at radius 3 is 2.42 bits per heavy atom. The van der Waals surface area contributed by atoms with Gasteiger partial charge in [0.25, 0.3) is 5.91 Å². The van der Waals surface area contributed by atoms with Crippen LogP contribution in [0, 0.1) is 20.8 Å². The number of H-pyrrole nitrogens is 1. The maximum Gasteiger partial charge on any atom is 0.355 e. The molecule has 3 rings (SSSR count). The molecule has 2 N–H and O–H groups in total. The van der Waals surface area contributed by atoms with Crippen LogP contribution in [0.3, 0.4) is 0 Å². The Balaban J connectivity index is 1.68. The zero-order valence-electron chi connectivity index (χ0n) is 18.1. The number of rotatable bonds is 6. The molecule has 0 aliphatic heterocycles. The third-order valence-electron chi connectivity index (χ3n) is 4.87. The quantitative estimate of drug-likeness (QED) is 0.569. The number of aryl methyl sites for hydroxylation is 3. The number of esters is 1. The average molecular weight is 444 g/mol. The Labute approximate surface area is 181 Å². The SMILES string of the molecule is Cc1cc(C)c2cc(C(=O)OCC(=O)Nc3ccc(C)c(S(=O)(=O)N(C)C)c3)[nH]c2c1. The van der Waals surface area contributed by atoms with Crippen LogP contribution in [0.5, 0.6) is 0 Å². The van der Waals surface area contributed by atoms with Crippen LogP contribution < -0.4 is 5.32 Å². The first-order chi connectivity index (χ1) is 14.5. The van der Waals surface area contributed by atoms with E-state index in [-0.39, 0.29) is 10.6 Å². The van der Waals surface area contributed by atoms with Crippen molar-refractivity contribution in [3.63, 3.8) is 0 Å². The molecule has 3 aromatic rings. The van der Waals surface area contributed by atoms with Gasteiger partial charge < -0.3 is 15.0 Å². The van der Waals surface area contributed by atoms with Gasteiger partial charge in [-0.1, -0.05) is 12.1 Å². The average Bonchev–Trinajstić information content (AvgIpc) is 3.12. The van der Waals surface area contributed by atoms with Gasteiger partial charge >= 0.3 is 5.97 Å². The minimum absolute atomic E-state index is 0.0935. The van der Waals surface area contributed by atoms with Gasteiger partial charge in [0.05, 0.1) is 4.90 Å². The zero-order valence-corrected chi connectivity index (χ0v) is 18.9. The number of nitrogens with zero attached hydrogens (tertiary/aromatic N) is 1. The molecular formula is C22H25N3O5S. The predicted octanol–water partition coefficient (Wildman–Crippen LogP) is 3.14. The van der Waals surface area contributed by atoms with E-state index in [4.69, 9.17) is 4.74 Å². The summed E-state index contributed by atoms with van der Waals surface area (Å²) in [7, 11) is -0.781. The van der Waals surface area contributed by atoms with Crippen molar-refractivity contribution in [3.8, 4) is 0 Å². The van der Waals surface area contributed by atoms with Crippen LogP contribution in [0.4, 0.5) is 5.69 Å². The molecular weight excluding hydrogens is 418 g/mol. The first kappa shape index (κ1) is 22.5. The number of carbonyl (C=O) groups is 2. The molecule has 8 nitrogen and oxygen atoms in total. The number of hydrogen-bond donors (Lipinski definition) is 2. The van der Waals surface area contributed by atoms with Crippen LogP contribution in [-0.4, -0.2) is 50.3 Å². The second-order valence-electron chi connectivity index (χ2n) is 7.62. The number of nitrogens with one attached hydrogen (secondary N) is 2. The molecule has 0 aliphatic rings.